The molecule has 0 unspecified atom stereocenters. The first kappa shape index (κ1) is 12.2. The number of hydrogen-bond donors (Lipinski definition) is 1. The lowest BCUT2D eigenvalue weighted by atomic mass is 9.95. The summed E-state index contributed by atoms with van der Waals surface area (Å²) in [6, 6.07) is 6.10. The van der Waals surface area contributed by atoms with Gasteiger partial charge in [0, 0.05) is 24.0 Å². The van der Waals surface area contributed by atoms with E-state index >= 15 is 0 Å². The van der Waals surface area contributed by atoms with Crippen LogP contribution in [0.1, 0.15) is 42.5 Å². The number of rotatable bonds is 2. The largest absolute Gasteiger partial charge is 0.349 e. The summed E-state index contributed by atoms with van der Waals surface area (Å²) in [6.07, 6.45) is 7.79. The van der Waals surface area contributed by atoms with Gasteiger partial charge in [0.25, 0.3) is 5.91 Å². The summed E-state index contributed by atoms with van der Waals surface area (Å²) in [5.41, 5.74) is 1.72. The van der Waals surface area contributed by atoms with Gasteiger partial charge in [0.1, 0.15) is 0 Å². The first-order valence-electron chi connectivity index (χ1n) is 6.97. The van der Waals surface area contributed by atoms with E-state index in [1.165, 1.54) is 19.3 Å². The minimum absolute atomic E-state index is 0.0370. The van der Waals surface area contributed by atoms with E-state index in [-0.39, 0.29) is 5.91 Å². The molecule has 1 N–H and O–H groups in total. The first-order chi connectivity index (χ1) is 9.24. The topological polar surface area (TPSA) is 46.9 Å². The molecule has 1 saturated carbocycles. The molecule has 0 saturated heterocycles. The number of fused-ring (bicyclic) bond motifs is 1. The van der Waals surface area contributed by atoms with Crippen molar-refractivity contribution in [2.45, 2.75) is 38.1 Å². The van der Waals surface area contributed by atoms with Gasteiger partial charge in [0.2, 0.25) is 0 Å². The van der Waals surface area contributed by atoms with Crippen molar-refractivity contribution in [3.05, 3.63) is 30.0 Å². The molecule has 4 heteroatoms. The molecule has 1 heterocycles. The summed E-state index contributed by atoms with van der Waals surface area (Å²) < 4.78 is 1.80. The van der Waals surface area contributed by atoms with E-state index in [1.54, 1.807) is 4.68 Å². The average molecular weight is 257 g/mol. The van der Waals surface area contributed by atoms with E-state index in [4.69, 9.17) is 0 Å². The van der Waals surface area contributed by atoms with Crippen LogP contribution in [0.4, 0.5) is 0 Å². The average Bonchev–Trinajstić information content (AvgIpc) is 2.81. The Balaban J connectivity index is 1.78. The molecule has 0 aliphatic heterocycles. The van der Waals surface area contributed by atoms with Gasteiger partial charge in [-0.25, -0.2) is 0 Å². The Morgan fingerprint density at radius 3 is 2.89 bits per heavy atom. The SMILES string of the molecule is Cn1ncc2ccc(C(=O)NC3CCCCC3)cc21. The fraction of sp³-hybridized carbons (Fsp3) is 0.467. The summed E-state index contributed by atoms with van der Waals surface area (Å²) in [5, 5.41) is 8.41. The van der Waals surface area contributed by atoms with E-state index < -0.39 is 0 Å². The predicted octanol–water partition coefficient (Wildman–Crippen LogP) is 2.64. The van der Waals surface area contributed by atoms with Crippen LogP contribution in [0.2, 0.25) is 0 Å². The molecule has 1 aromatic heterocycles. The van der Waals surface area contributed by atoms with Crippen LogP contribution in [0, 0.1) is 0 Å². The highest BCUT2D eigenvalue weighted by Crippen LogP contribution is 2.19. The Morgan fingerprint density at radius 1 is 1.32 bits per heavy atom. The highest BCUT2D eigenvalue weighted by Gasteiger charge is 2.17. The summed E-state index contributed by atoms with van der Waals surface area (Å²) in [7, 11) is 1.89. The molecular weight excluding hydrogens is 238 g/mol. The summed E-state index contributed by atoms with van der Waals surface area (Å²) in [5.74, 6) is 0.0370. The number of hydrogen-bond acceptors (Lipinski definition) is 2. The standard InChI is InChI=1S/C15H19N3O/c1-18-14-9-11(7-8-12(14)10-16-18)15(19)17-13-5-3-2-4-6-13/h7-10,13H,2-6H2,1H3,(H,17,19). The molecule has 1 aliphatic rings. The van der Waals surface area contributed by atoms with Crippen LogP contribution in [0.25, 0.3) is 10.9 Å². The van der Waals surface area contributed by atoms with Gasteiger partial charge in [-0.3, -0.25) is 9.48 Å². The molecule has 4 nitrogen and oxygen atoms in total. The quantitative estimate of drug-likeness (QED) is 0.899. The van der Waals surface area contributed by atoms with Crippen LogP contribution in [0.5, 0.6) is 0 Å². The molecule has 3 rings (SSSR count). The van der Waals surface area contributed by atoms with Crippen molar-refractivity contribution in [2.24, 2.45) is 7.05 Å². The van der Waals surface area contributed by atoms with Crippen LogP contribution in [-0.4, -0.2) is 21.7 Å². The number of nitrogens with one attached hydrogen (secondary N) is 1. The van der Waals surface area contributed by atoms with E-state index in [2.05, 4.69) is 10.4 Å². The Kier molecular flexibility index (Phi) is 3.23. The van der Waals surface area contributed by atoms with Crippen LogP contribution in [0.15, 0.2) is 24.4 Å². The normalized spacial score (nSPS) is 16.7. The van der Waals surface area contributed by atoms with Gasteiger partial charge in [-0.2, -0.15) is 5.10 Å². The maximum Gasteiger partial charge on any atom is 0.251 e. The number of nitrogens with zero attached hydrogens (tertiary/aromatic N) is 2. The predicted molar refractivity (Wildman–Crippen MR) is 75.1 cm³/mol. The van der Waals surface area contributed by atoms with Crippen molar-refractivity contribution in [3.8, 4) is 0 Å². The summed E-state index contributed by atoms with van der Waals surface area (Å²) >= 11 is 0. The molecular formula is C15H19N3O. The highest BCUT2D eigenvalue weighted by atomic mass is 16.1. The fourth-order valence-electron chi connectivity index (χ4n) is 2.80. The van der Waals surface area contributed by atoms with Crippen LogP contribution in [0.3, 0.4) is 0 Å². The zero-order valence-electron chi connectivity index (χ0n) is 11.2. The molecule has 0 radical (unpaired) electrons. The van der Waals surface area contributed by atoms with Crippen molar-refractivity contribution in [1.82, 2.24) is 15.1 Å². The van der Waals surface area contributed by atoms with Crippen molar-refractivity contribution in [2.75, 3.05) is 0 Å². The Labute approximate surface area is 112 Å². The summed E-state index contributed by atoms with van der Waals surface area (Å²) in [6.45, 7) is 0. The molecule has 1 aliphatic carbocycles. The zero-order chi connectivity index (χ0) is 13.2. The number of benzene rings is 1. The molecule has 0 bridgehead atoms. The van der Waals surface area contributed by atoms with Crippen LogP contribution >= 0.6 is 0 Å². The second-order valence-electron chi connectivity index (χ2n) is 5.35. The van der Waals surface area contributed by atoms with Gasteiger partial charge in [-0.1, -0.05) is 25.3 Å². The Hall–Kier alpha value is -1.84. The van der Waals surface area contributed by atoms with E-state index in [0.29, 0.717) is 6.04 Å². The van der Waals surface area contributed by atoms with Gasteiger partial charge in [0.05, 0.1) is 11.7 Å². The highest BCUT2D eigenvalue weighted by molar-refractivity contribution is 5.97. The Bertz CT molecular complexity index is 596. The van der Waals surface area contributed by atoms with Crippen LogP contribution < -0.4 is 5.32 Å². The molecule has 0 spiro atoms. The second kappa shape index (κ2) is 5.03. The third-order valence-electron chi connectivity index (χ3n) is 3.95. The number of carbonyl (C=O) groups is 1. The van der Waals surface area contributed by atoms with Crippen molar-refractivity contribution >= 4 is 16.8 Å². The van der Waals surface area contributed by atoms with Crippen molar-refractivity contribution in [3.63, 3.8) is 0 Å². The minimum atomic E-state index is 0.0370. The van der Waals surface area contributed by atoms with Gasteiger partial charge < -0.3 is 5.32 Å². The smallest absolute Gasteiger partial charge is 0.251 e. The van der Waals surface area contributed by atoms with Gasteiger partial charge in [-0.15, -0.1) is 0 Å². The molecule has 2 aromatic rings. The molecule has 19 heavy (non-hydrogen) atoms. The lowest BCUT2D eigenvalue weighted by molar-refractivity contribution is 0.0928. The van der Waals surface area contributed by atoms with Gasteiger partial charge in [-0.05, 0) is 25.0 Å². The molecule has 1 fully saturated rings. The van der Waals surface area contributed by atoms with E-state index in [9.17, 15) is 4.79 Å². The minimum Gasteiger partial charge on any atom is -0.349 e. The molecule has 1 amide bonds. The third-order valence-corrected chi connectivity index (χ3v) is 3.95. The number of aromatic nitrogens is 2. The summed E-state index contributed by atoms with van der Waals surface area (Å²) in [4.78, 5) is 12.2. The molecule has 1 aromatic carbocycles. The van der Waals surface area contributed by atoms with Gasteiger partial charge in [0.15, 0.2) is 0 Å². The second-order valence-corrected chi connectivity index (χ2v) is 5.35. The van der Waals surface area contributed by atoms with Crippen molar-refractivity contribution in [1.29, 1.82) is 0 Å². The maximum atomic E-state index is 12.2. The Morgan fingerprint density at radius 2 is 2.11 bits per heavy atom. The van der Waals surface area contributed by atoms with Gasteiger partial charge >= 0.3 is 0 Å². The number of aryl methyl sites for hydroxylation is 1. The van der Waals surface area contributed by atoms with Crippen LogP contribution in [-0.2, 0) is 7.05 Å². The van der Waals surface area contributed by atoms with E-state index in [1.807, 2.05) is 31.4 Å². The monoisotopic (exact) mass is 257 g/mol. The first-order valence-corrected chi connectivity index (χ1v) is 6.97. The number of carbonyl (C=O) groups excluding carboxylic acids is 1. The lowest BCUT2D eigenvalue weighted by Gasteiger charge is -2.22. The van der Waals surface area contributed by atoms with E-state index in [0.717, 1.165) is 29.3 Å². The molecule has 100 valence electrons. The third kappa shape index (κ3) is 2.48. The zero-order valence-corrected chi connectivity index (χ0v) is 11.2. The lowest BCUT2D eigenvalue weighted by Crippen LogP contribution is -2.36. The number of amides is 1. The fourth-order valence-corrected chi connectivity index (χ4v) is 2.80. The molecule has 0 atom stereocenters. The maximum absolute atomic E-state index is 12.2. The van der Waals surface area contributed by atoms with Crippen molar-refractivity contribution < 1.29 is 4.79 Å².